The van der Waals surface area contributed by atoms with Gasteiger partial charge in [0.25, 0.3) is 0 Å². The van der Waals surface area contributed by atoms with E-state index in [4.69, 9.17) is 0 Å². The van der Waals surface area contributed by atoms with Crippen molar-refractivity contribution in [2.45, 2.75) is 51.5 Å². The van der Waals surface area contributed by atoms with E-state index in [0.29, 0.717) is 12.5 Å². The van der Waals surface area contributed by atoms with Crippen molar-refractivity contribution < 1.29 is 9.90 Å². The molecule has 1 heterocycles. The van der Waals surface area contributed by atoms with Gasteiger partial charge in [-0.1, -0.05) is 38.1 Å². The average molecular weight is 304 g/mol. The highest BCUT2D eigenvalue weighted by Crippen LogP contribution is 2.17. The monoisotopic (exact) mass is 304 g/mol. The number of hydrogen-bond acceptors (Lipinski definition) is 2. The Morgan fingerprint density at radius 1 is 1.36 bits per heavy atom. The highest BCUT2D eigenvalue weighted by molar-refractivity contribution is 5.74. The van der Waals surface area contributed by atoms with Crippen molar-refractivity contribution in [3.63, 3.8) is 0 Å². The van der Waals surface area contributed by atoms with E-state index in [9.17, 15) is 9.90 Å². The van der Waals surface area contributed by atoms with Gasteiger partial charge in [0.2, 0.25) is 0 Å². The van der Waals surface area contributed by atoms with Crippen LogP contribution in [0.1, 0.15) is 50.2 Å². The number of nitrogens with one attached hydrogen (secondary N) is 1. The largest absolute Gasteiger partial charge is 0.394 e. The minimum absolute atomic E-state index is 0.00331. The van der Waals surface area contributed by atoms with Crippen LogP contribution in [-0.2, 0) is 6.42 Å². The first kappa shape index (κ1) is 16.8. The number of nitrogens with zero attached hydrogens (tertiary/aromatic N) is 1. The fourth-order valence-corrected chi connectivity index (χ4v) is 2.95. The summed E-state index contributed by atoms with van der Waals surface area (Å²) in [5.41, 5.74) is 2.68. The van der Waals surface area contributed by atoms with E-state index < -0.39 is 0 Å². The van der Waals surface area contributed by atoms with Crippen molar-refractivity contribution in [1.82, 2.24) is 10.2 Å². The maximum atomic E-state index is 12.0. The third kappa shape index (κ3) is 4.47. The summed E-state index contributed by atoms with van der Waals surface area (Å²) in [5, 5.41) is 12.2. The Labute approximate surface area is 133 Å². The van der Waals surface area contributed by atoms with Crippen LogP contribution in [0.3, 0.4) is 0 Å². The molecule has 122 valence electrons. The number of likely N-dealkylation sites (tertiary alicyclic amines) is 1. The number of aryl methyl sites for hydroxylation is 1. The van der Waals surface area contributed by atoms with Crippen LogP contribution in [0, 0.1) is 0 Å². The predicted octanol–water partition coefficient (Wildman–Crippen LogP) is 2.91. The van der Waals surface area contributed by atoms with E-state index in [1.54, 1.807) is 4.90 Å². The molecule has 1 fully saturated rings. The minimum atomic E-state index is -0.0355. The molecule has 1 unspecified atom stereocenters. The minimum Gasteiger partial charge on any atom is -0.394 e. The zero-order valence-corrected chi connectivity index (χ0v) is 13.7. The number of amides is 2. The number of rotatable bonds is 6. The second kappa shape index (κ2) is 8.18. The molecule has 2 N–H and O–H groups in total. The van der Waals surface area contributed by atoms with E-state index in [-0.39, 0.29) is 18.7 Å². The van der Waals surface area contributed by atoms with Crippen LogP contribution < -0.4 is 5.32 Å². The maximum absolute atomic E-state index is 12.0. The summed E-state index contributed by atoms with van der Waals surface area (Å²) in [6.07, 6.45) is 3.81. The number of aliphatic hydroxyl groups is 1. The molecule has 0 saturated carbocycles. The quantitative estimate of drug-likeness (QED) is 0.794. The number of urea groups is 1. The lowest BCUT2D eigenvalue weighted by atomic mass is 10.0. The standard InChI is InChI=1S/C18H28N2O2/c1-14(2)16-9-7-15(8-10-16)5-3-11-19-18(22)20-12-4-6-17(20)13-21/h7-10,14,17,21H,3-6,11-13H2,1-2H3,(H,19,22). The van der Waals surface area contributed by atoms with E-state index in [0.717, 1.165) is 32.2 Å². The number of carbonyl (C=O) groups is 1. The molecule has 0 spiro atoms. The molecule has 22 heavy (non-hydrogen) atoms. The Morgan fingerprint density at radius 3 is 2.73 bits per heavy atom. The lowest BCUT2D eigenvalue weighted by Gasteiger charge is -2.23. The van der Waals surface area contributed by atoms with E-state index in [1.807, 2.05) is 0 Å². The van der Waals surface area contributed by atoms with Gasteiger partial charge in [-0.3, -0.25) is 0 Å². The highest BCUT2D eigenvalue weighted by atomic mass is 16.3. The summed E-state index contributed by atoms with van der Waals surface area (Å²) in [5.74, 6) is 0.563. The van der Waals surface area contributed by atoms with Gasteiger partial charge in [-0.2, -0.15) is 0 Å². The van der Waals surface area contributed by atoms with Gasteiger partial charge in [0.05, 0.1) is 12.6 Å². The molecule has 1 saturated heterocycles. The summed E-state index contributed by atoms with van der Waals surface area (Å²) >= 11 is 0. The number of aliphatic hydroxyl groups excluding tert-OH is 1. The zero-order chi connectivity index (χ0) is 15.9. The van der Waals surface area contributed by atoms with Crippen molar-refractivity contribution in [2.75, 3.05) is 19.7 Å². The van der Waals surface area contributed by atoms with Crippen LogP contribution in [0.25, 0.3) is 0 Å². The molecule has 1 aromatic rings. The van der Waals surface area contributed by atoms with Crippen LogP contribution in [0.2, 0.25) is 0 Å². The van der Waals surface area contributed by atoms with Crippen LogP contribution in [0.5, 0.6) is 0 Å². The Morgan fingerprint density at radius 2 is 2.09 bits per heavy atom. The molecule has 0 bridgehead atoms. The SMILES string of the molecule is CC(C)c1ccc(CCCNC(=O)N2CCCC2CO)cc1. The Kier molecular flexibility index (Phi) is 6.25. The van der Waals surface area contributed by atoms with Gasteiger partial charge in [-0.25, -0.2) is 4.79 Å². The average Bonchev–Trinajstić information content (AvgIpc) is 3.00. The molecular weight excluding hydrogens is 276 g/mol. The molecule has 0 aromatic heterocycles. The van der Waals surface area contributed by atoms with E-state index >= 15 is 0 Å². The molecule has 4 nitrogen and oxygen atoms in total. The van der Waals surface area contributed by atoms with Crippen molar-refractivity contribution in [2.24, 2.45) is 0 Å². The first-order valence-electron chi connectivity index (χ1n) is 8.36. The third-order valence-corrected chi connectivity index (χ3v) is 4.41. The van der Waals surface area contributed by atoms with Gasteiger partial charge in [0.1, 0.15) is 0 Å². The summed E-state index contributed by atoms with van der Waals surface area (Å²) in [4.78, 5) is 13.8. The summed E-state index contributed by atoms with van der Waals surface area (Å²) < 4.78 is 0. The third-order valence-electron chi connectivity index (χ3n) is 4.41. The van der Waals surface area contributed by atoms with Crippen LogP contribution >= 0.6 is 0 Å². The molecule has 0 radical (unpaired) electrons. The van der Waals surface area contributed by atoms with Gasteiger partial charge in [0.15, 0.2) is 0 Å². The van der Waals surface area contributed by atoms with E-state index in [1.165, 1.54) is 11.1 Å². The highest BCUT2D eigenvalue weighted by Gasteiger charge is 2.27. The summed E-state index contributed by atoms with van der Waals surface area (Å²) in [7, 11) is 0. The molecular formula is C18H28N2O2. The van der Waals surface area contributed by atoms with Gasteiger partial charge in [0, 0.05) is 13.1 Å². The smallest absolute Gasteiger partial charge is 0.317 e. The zero-order valence-electron chi connectivity index (χ0n) is 13.7. The second-order valence-electron chi connectivity index (χ2n) is 6.40. The second-order valence-corrected chi connectivity index (χ2v) is 6.40. The normalized spacial score (nSPS) is 18.0. The van der Waals surface area contributed by atoms with Gasteiger partial charge in [-0.15, -0.1) is 0 Å². The first-order chi connectivity index (χ1) is 10.6. The Balaban J connectivity index is 1.69. The number of benzene rings is 1. The van der Waals surface area contributed by atoms with Gasteiger partial charge >= 0.3 is 6.03 Å². The lowest BCUT2D eigenvalue weighted by molar-refractivity contribution is 0.157. The summed E-state index contributed by atoms with van der Waals surface area (Å²) in [6, 6.07) is 8.71. The van der Waals surface area contributed by atoms with E-state index in [2.05, 4.69) is 43.4 Å². The number of hydrogen-bond donors (Lipinski definition) is 2. The van der Waals surface area contributed by atoms with Crippen molar-refractivity contribution in [1.29, 1.82) is 0 Å². The van der Waals surface area contributed by atoms with Crippen LogP contribution in [0.4, 0.5) is 4.79 Å². The van der Waals surface area contributed by atoms with Crippen molar-refractivity contribution in [3.8, 4) is 0 Å². The van der Waals surface area contributed by atoms with Gasteiger partial charge in [-0.05, 0) is 42.7 Å². The molecule has 4 heteroatoms. The molecule has 1 aliphatic rings. The fourth-order valence-electron chi connectivity index (χ4n) is 2.95. The molecule has 1 atom stereocenters. The van der Waals surface area contributed by atoms with Crippen LogP contribution in [-0.4, -0.2) is 41.8 Å². The first-order valence-corrected chi connectivity index (χ1v) is 8.36. The molecule has 1 aliphatic heterocycles. The molecule has 0 aliphatic carbocycles. The Hall–Kier alpha value is -1.55. The topological polar surface area (TPSA) is 52.6 Å². The van der Waals surface area contributed by atoms with Crippen molar-refractivity contribution in [3.05, 3.63) is 35.4 Å². The lowest BCUT2D eigenvalue weighted by Crippen LogP contribution is -2.44. The molecule has 2 amide bonds. The molecule has 2 rings (SSSR count). The summed E-state index contributed by atoms with van der Waals surface area (Å²) in [6.45, 7) is 5.90. The fraction of sp³-hybridized carbons (Fsp3) is 0.611. The predicted molar refractivity (Wildman–Crippen MR) is 89.1 cm³/mol. The van der Waals surface area contributed by atoms with Crippen LogP contribution in [0.15, 0.2) is 24.3 Å². The Bertz CT molecular complexity index is 470. The number of carbonyl (C=O) groups excluding carboxylic acids is 1. The van der Waals surface area contributed by atoms with Crippen molar-refractivity contribution >= 4 is 6.03 Å². The maximum Gasteiger partial charge on any atom is 0.317 e. The molecule has 1 aromatic carbocycles. The van der Waals surface area contributed by atoms with Gasteiger partial charge < -0.3 is 15.3 Å².